The average molecular weight is 183 g/mol. The normalized spacial score (nSPS) is 20.3. The first-order valence-corrected chi connectivity index (χ1v) is 4.56. The Morgan fingerprint density at radius 1 is 1.54 bits per heavy atom. The van der Waals surface area contributed by atoms with Crippen molar-refractivity contribution in [2.24, 2.45) is 13.0 Å². The zero-order valence-electron chi connectivity index (χ0n) is 8.28. The Morgan fingerprint density at radius 2 is 2.23 bits per heavy atom. The van der Waals surface area contributed by atoms with Crippen LogP contribution in [-0.4, -0.2) is 18.5 Å². The van der Waals surface area contributed by atoms with Crippen molar-refractivity contribution in [2.75, 3.05) is 13.2 Å². The number of hydrogen-bond donors (Lipinski definition) is 0. The van der Waals surface area contributed by atoms with Crippen molar-refractivity contribution in [3.05, 3.63) is 12.0 Å². The van der Waals surface area contributed by atoms with E-state index in [9.17, 15) is 0 Å². The van der Waals surface area contributed by atoms with Crippen LogP contribution in [0.15, 0.2) is 10.7 Å². The Morgan fingerprint density at radius 3 is 2.54 bits per heavy atom. The smallest absolute Gasteiger partial charge is 0.241 e. The first-order chi connectivity index (χ1) is 6.15. The zero-order valence-corrected chi connectivity index (χ0v) is 8.28. The minimum absolute atomic E-state index is 0.0638. The highest BCUT2D eigenvalue weighted by Gasteiger charge is 2.48. The van der Waals surface area contributed by atoms with Crippen LogP contribution in [0.5, 0.6) is 0 Å². The number of nitrogens with zero attached hydrogens (tertiary/aromatic N) is 2. The van der Waals surface area contributed by atoms with Crippen LogP contribution in [0.4, 0.5) is 0 Å². The first kappa shape index (κ1) is 8.69. The van der Waals surface area contributed by atoms with Crippen molar-refractivity contribution >= 4 is 0 Å². The van der Waals surface area contributed by atoms with Gasteiger partial charge in [0.2, 0.25) is 12.0 Å². The van der Waals surface area contributed by atoms with Gasteiger partial charge in [-0.25, -0.2) is 0 Å². The predicted molar refractivity (Wildman–Crippen MR) is 45.0 cm³/mol. The molecule has 0 N–H and O–H groups in total. The minimum Gasteiger partial charge on any atom is -0.379 e. The average Bonchev–Trinajstić information content (AvgIpc) is 2.32. The Balaban J connectivity index is 2.31. The van der Waals surface area contributed by atoms with Crippen LogP contribution in [0.25, 0.3) is 0 Å². The molecule has 0 amide bonds. The summed E-state index contributed by atoms with van der Waals surface area (Å²) in [5.41, 5.74) is 0.0638. The molecule has 13 heavy (non-hydrogen) atoms. The van der Waals surface area contributed by atoms with Crippen LogP contribution >= 0.6 is 0 Å². The SMILES string of the molecule is CC(C)C1(c2c[n+](C)no2)COC1. The molecule has 1 aliphatic heterocycles. The van der Waals surface area contributed by atoms with Crippen LogP contribution < -0.4 is 4.68 Å². The van der Waals surface area contributed by atoms with E-state index in [0.717, 1.165) is 19.0 Å². The van der Waals surface area contributed by atoms with E-state index in [0.29, 0.717) is 5.92 Å². The standard InChI is InChI=1S/C9H15N2O2/c1-7(2)9(5-12-6-9)8-4-11(3)10-13-8/h4,7H,5-6H2,1-3H3/q+1. The molecule has 0 aliphatic carbocycles. The van der Waals surface area contributed by atoms with Gasteiger partial charge in [-0.1, -0.05) is 18.5 Å². The summed E-state index contributed by atoms with van der Waals surface area (Å²) in [6.45, 7) is 5.87. The van der Waals surface area contributed by atoms with Gasteiger partial charge in [-0.2, -0.15) is 0 Å². The summed E-state index contributed by atoms with van der Waals surface area (Å²) in [4.78, 5) is 0. The van der Waals surface area contributed by atoms with Crippen molar-refractivity contribution in [1.29, 1.82) is 0 Å². The molecular weight excluding hydrogens is 168 g/mol. The summed E-state index contributed by atoms with van der Waals surface area (Å²) in [6.07, 6.45) is 1.93. The molecule has 1 fully saturated rings. The highest BCUT2D eigenvalue weighted by atomic mass is 16.5. The molecule has 1 aliphatic rings. The van der Waals surface area contributed by atoms with Crippen LogP contribution in [-0.2, 0) is 17.2 Å². The lowest BCUT2D eigenvalue weighted by atomic mass is 9.74. The molecule has 2 heterocycles. The second kappa shape index (κ2) is 2.80. The second-order valence-corrected chi connectivity index (χ2v) is 4.04. The maximum Gasteiger partial charge on any atom is 0.241 e. The van der Waals surface area contributed by atoms with Crippen molar-refractivity contribution < 1.29 is 13.9 Å². The summed E-state index contributed by atoms with van der Waals surface area (Å²) < 4.78 is 12.2. The summed E-state index contributed by atoms with van der Waals surface area (Å²) >= 11 is 0. The monoisotopic (exact) mass is 183 g/mol. The molecule has 0 atom stereocenters. The predicted octanol–water partition coefficient (Wildman–Crippen LogP) is 0.423. The molecule has 0 spiro atoms. The molecule has 2 rings (SSSR count). The fourth-order valence-electron chi connectivity index (χ4n) is 1.63. The summed E-state index contributed by atoms with van der Waals surface area (Å²) in [5.74, 6) is 1.46. The van der Waals surface area contributed by atoms with E-state index in [-0.39, 0.29) is 5.41 Å². The van der Waals surface area contributed by atoms with Gasteiger partial charge in [-0.15, -0.1) is 0 Å². The molecule has 0 radical (unpaired) electrons. The van der Waals surface area contributed by atoms with Crippen LogP contribution in [0.2, 0.25) is 0 Å². The summed E-state index contributed by atoms with van der Waals surface area (Å²) in [5, 5.41) is 3.83. The maximum absolute atomic E-state index is 5.27. The lowest BCUT2D eigenvalue weighted by molar-refractivity contribution is -0.739. The fraction of sp³-hybridized carbons (Fsp3) is 0.778. The van der Waals surface area contributed by atoms with E-state index in [1.165, 1.54) is 0 Å². The Kier molecular flexibility index (Phi) is 1.87. The van der Waals surface area contributed by atoms with E-state index in [2.05, 4.69) is 19.1 Å². The van der Waals surface area contributed by atoms with E-state index in [1.54, 1.807) is 4.68 Å². The number of hydrogen-bond acceptors (Lipinski definition) is 3. The van der Waals surface area contributed by atoms with Gasteiger partial charge >= 0.3 is 0 Å². The first-order valence-electron chi connectivity index (χ1n) is 4.56. The van der Waals surface area contributed by atoms with Crippen molar-refractivity contribution in [1.82, 2.24) is 5.27 Å². The lowest BCUT2D eigenvalue weighted by Crippen LogP contribution is -2.50. The topological polar surface area (TPSA) is 39.1 Å². The van der Waals surface area contributed by atoms with Crippen LogP contribution in [0, 0.1) is 5.92 Å². The largest absolute Gasteiger partial charge is 0.379 e. The van der Waals surface area contributed by atoms with Gasteiger partial charge in [0.15, 0.2) is 12.3 Å². The molecule has 1 aromatic heterocycles. The van der Waals surface area contributed by atoms with E-state index in [1.807, 2.05) is 13.2 Å². The second-order valence-electron chi connectivity index (χ2n) is 4.04. The van der Waals surface area contributed by atoms with Gasteiger partial charge in [0.1, 0.15) is 0 Å². The van der Waals surface area contributed by atoms with Gasteiger partial charge in [0.05, 0.1) is 18.6 Å². The molecule has 4 heteroatoms. The van der Waals surface area contributed by atoms with Crippen LogP contribution in [0.3, 0.4) is 0 Å². The van der Waals surface area contributed by atoms with Gasteiger partial charge in [-0.3, -0.25) is 0 Å². The lowest BCUT2D eigenvalue weighted by Gasteiger charge is -2.41. The summed E-state index contributed by atoms with van der Waals surface area (Å²) in [7, 11) is 1.86. The van der Waals surface area contributed by atoms with Gasteiger partial charge < -0.3 is 9.26 Å². The van der Waals surface area contributed by atoms with Crippen LogP contribution in [0.1, 0.15) is 19.6 Å². The molecule has 1 aromatic rings. The van der Waals surface area contributed by atoms with Crippen molar-refractivity contribution in [3.8, 4) is 0 Å². The molecule has 0 unspecified atom stereocenters. The molecule has 4 nitrogen and oxygen atoms in total. The molecule has 72 valence electrons. The van der Waals surface area contributed by atoms with Gasteiger partial charge in [0.25, 0.3) is 0 Å². The Hall–Kier alpha value is -0.900. The zero-order chi connectivity index (χ0) is 9.47. The minimum atomic E-state index is 0.0638. The number of ether oxygens (including phenoxy) is 1. The van der Waals surface area contributed by atoms with Gasteiger partial charge in [0, 0.05) is 0 Å². The Bertz CT molecular complexity index is 302. The van der Waals surface area contributed by atoms with Gasteiger partial charge in [-0.05, 0) is 5.92 Å². The fourth-order valence-corrected chi connectivity index (χ4v) is 1.63. The van der Waals surface area contributed by atoms with Crippen molar-refractivity contribution in [3.63, 3.8) is 0 Å². The molecular formula is C9H15N2O2+. The summed E-state index contributed by atoms with van der Waals surface area (Å²) in [6, 6.07) is 0. The third kappa shape index (κ3) is 1.16. The molecule has 0 aromatic carbocycles. The third-order valence-electron chi connectivity index (χ3n) is 2.89. The number of aromatic nitrogens is 2. The molecule has 0 saturated carbocycles. The van der Waals surface area contributed by atoms with E-state index >= 15 is 0 Å². The maximum atomic E-state index is 5.27. The van der Waals surface area contributed by atoms with E-state index < -0.39 is 0 Å². The van der Waals surface area contributed by atoms with Crippen molar-refractivity contribution in [2.45, 2.75) is 19.3 Å². The Labute approximate surface area is 77.5 Å². The highest BCUT2D eigenvalue weighted by molar-refractivity contribution is 5.13. The van der Waals surface area contributed by atoms with E-state index in [4.69, 9.17) is 9.26 Å². The quantitative estimate of drug-likeness (QED) is 0.624. The molecule has 1 saturated heterocycles. The number of aryl methyl sites for hydroxylation is 1. The third-order valence-corrected chi connectivity index (χ3v) is 2.89. The number of rotatable bonds is 2. The molecule has 0 bridgehead atoms. The highest BCUT2D eigenvalue weighted by Crippen LogP contribution is 2.38.